The summed E-state index contributed by atoms with van der Waals surface area (Å²) in [7, 11) is 0. The monoisotopic (exact) mass is 375 g/mol. The smallest absolute Gasteiger partial charge is 0.272 e. The summed E-state index contributed by atoms with van der Waals surface area (Å²) in [5.41, 5.74) is 5.12. The summed E-state index contributed by atoms with van der Waals surface area (Å²) < 4.78 is 0. The summed E-state index contributed by atoms with van der Waals surface area (Å²) >= 11 is 11.9. The van der Waals surface area contributed by atoms with Crippen LogP contribution < -0.4 is 16.4 Å². The van der Waals surface area contributed by atoms with Crippen LogP contribution in [0.2, 0.25) is 10.0 Å². The minimum Gasteiger partial charge on any atom is -0.368 e. The van der Waals surface area contributed by atoms with Gasteiger partial charge in [-0.15, -0.1) is 0 Å². The van der Waals surface area contributed by atoms with Crippen molar-refractivity contribution in [3.63, 3.8) is 0 Å². The molecule has 130 valence electrons. The highest BCUT2D eigenvalue weighted by Gasteiger charge is 2.28. The number of anilines is 1. The minimum absolute atomic E-state index is 0.0469. The summed E-state index contributed by atoms with van der Waals surface area (Å²) in [6.45, 7) is 1.37. The number of benzene rings is 1. The molecule has 11 heteroatoms. The molecular weight excluding hydrogens is 361 g/mol. The second-order valence-corrected chi connectivity index (χ2v) is 6.00. The van der Waals surface area contributed by atoms with E-state index < -0.39 is 22.8 Å². The van der Waals surface area contributed by atoms with E-state index in [0.29, 0.717) is 19.6 Å². The zero-order valence-electron chi connectivity index (χ0n) is 12.4. The van der Waals surface area contributed by atoms with Crippen LogP contribution in [0.5, 0.6) is 0 Å². The highest BCUT2D eigenvalue weighted by Crippen LogP contribution is 2.34. The van der Waals surface area contributed by atoms with Crippen LogP contribution in [0.25, 0.3) is 0 Å². The van der Waals surface area contributed by atoms with E-state index in [2.05, 4.69) is 10.6 Å². The first-order valence-corrected chi connectivity index (χ1v) is 7.72. The Labute approximate surface area is 147 Å². The van der Waals surface area contributed by atoms with Gasteiger partial charge in [-0.1, -0.05) is 23.2 Å². The number of rotatable bonds is 5. The first-order valence-electron chi connectivity index (χ1n) is 6.97. The molecule has 1 aromatic carbocycles. The fraction of sp³-hybridized carbons (Fsp3) is 0.385. The Kier molecular flexibility index (Phi) is 5.94. The van der Waals surface area contributed by atoms with Crippen molar-refractivity contribution in [3.05, 3.63) is 32.3 Å². The van der Waals surface area contributed by atoms with Crippen molar-refractivity contribution in [2.75, 3.05) is 31.5 Å². The molecule has 2 amide bonds. The fourth-order valence-electron chi connectivity index (χ4n) is 2.36. The Morgan fingerprint density at radius 3 is 2.58 bits per heavy atom. The molecule has 2 rings (SSSR count). The number of nitrogens with two attached hydrogens (primary N) is 1. The van der Waals surface area contributed by atoms with Crippen molar-refractivity contribution < 1.29 is 14.5 Å². The molecule has 1 fully saturated rings. The lowest BCUT2D eigenvalue weighted by atomic mass is 10.2. The van der Waals surface area contributed by atoms with Gasteiger partial charge in [0.25, 0.3) is 5.69 Å². The maximum absolute atomic E-state index is 12.2. The molecule has 9 nitrogen and oxygen atoms in total. The van der Waals surface area contributed by atoms with Crippen LogP contribution in [0.1, 0.15) is 0 Å². The van der Waals surface area contributed by atoms with Crippen molar-refractivity contribution in [2.24, 2.45) is 5.73 Å². The van der Waals surface area contributed by atoms with Crippen LogP contribution >= 0.6 is 23.2 Å². The first kappa shape index (κ1) is 18.4. The van der Waals surface area contributed by atoms with E-state index in [4.69, 9.17) is 28.9 Å². The first-order chi connectivity index (χ1) is 11.3. The quantitative estimate of drug-likeness (QED) is 0.510. The SMILES string of the molecule is NC(=O)C1CNCCN1CC(=O)Nc1c(Cl)cc([N+](=O)[O-])cc1Cl. The summed E-state index contributed by atoms with van der Waals surface area (Å²) in [5, 5.41) is 16.2. The maximum atomic E-state index is 12.2. The molecule has 1 aliphatic heterocycles. The number of non-ortho nitro benzene ring substituents is 1. The number of amides is 2. The summed E-state index contributed by atoms with van der Waals surface area (Å²) in [5.74, 6) is -0.984. The molecule has 1 aromatic rings. The molecule has 0 bridgehead atoms. The number of nitro groups is 1. The number of nitrogens with one attached hydrogen (secondary N) is 2. The van der Waals surface area contributed by atoms with Crippen molar-refractivity contribution in [3.8, 4) is 0 Å². The van der Waals surface area contributed by atoms with Gasteiger partial charge in [0.15, 0.2) is 0 Å². The maximum Gasteiger partial charge on any atom is 0.272 e. The van der Waals surface area contributed by atoms with E-state index >= 15 is 0 Å². The van der Waals surface area contributed by atoms with Crippen LogP contribution in [0.15, 0.2) is 12.1 Å². The van der Waals surface area contributed by atoms with Gasteiger partial charge in [-0.3, -0.25) is 24.6 Å². The van der Waals surface area contributed by atoms with Gasteiger partial charge in [0.05, 0.1) is 27.2 Å². The lowest BCUT2D eigenvalue weighted by Gasteiger charge is -2.33. The van der Waals surface area contributed by atoms with Crippen LogP contribution in [0, 0.1) is 10.1 Å². The number of carbonyl (C=O) groups is 2. The Bertz CT molecular complexity index is 661. The second kappa shape index (κ2) is 7.75. The van der Waals surface area contributed by atoms with Crippen molar-refractivity contribution in [1.29, 1.82) is 0 Å². The van der Waals surface area contributed by atoms with E-state index in [9.17, 15) is 19.7 Å². The predicted octanol–water partition coefficient (Wildman–Crippen LogP) is 0.599. The van der Waals surface area contributed by atoms with Crippen molar-refractivity contribution >= 4 is 46.4 Å². The predicted molar refractivity (Wildman–Crippen MR) is 89.2 cm³/mol. The summed E-state index contributed by atoms with van der Waals surface area (Å²) in [4.78, 5) is 35.4. The molecule has 1 heterocycles. The van der Waals surface area contributed by atoms with Crippen LogP contribution in [-0.4, -0.2) is 53.9 Å². The number of nitro benzene ring substituents is 1. The van der Waals surface area contributed by atoms with Crippen molar-refractivity contribution in [2.45, 2.75) is 6.04 Å². The third kappa shape index (κ3) is 4.32. The normalized spacial score (nSPS) is 18.2. The van der Waals surface area contributed by atoms with Crippen molar-refractivity contribution in [1.82, 2.24) is 10.2 Å². The molecule has 24 heavy (non-hydrogen) atoms. The van der Waals surface area contributed by atoms with Crippen LogP contribution in [0.4, 0.5) is 11.4 Å². The molecule has 1 unspecified atom stereocenters. The molecule has 1 saturated heterocycles. The van der Waals surface area contributed by atoms with Gasteiger partial charge >= 0.3 is 0 Å². The third-order valence-electron chi connectivity index (χ3n) is 3.53. The minimum atomic E-state index is -0.637. The number of hydrogen-bond donors (Lipinski definition) is 3. The lowest BCUT2D eigenvalue weighted by Crippen LogP contribution is -2.58. The highest BCUT2D eigenvalue weighted by molar-refractivity contribution is 6.40. The Balaban J connectivity index is 2.09. The number of carbonyl (C=O) groups excluding carboxylic acids is 2. The topological polar surface area (TPSA) is 131 Å². The number of halogens is 2. The average Bonchev–Trinajstić information content (AvgIpc) is 2.50. The van der Waals surface area contributed by atoms with E-state index in [0.717, 1.165) is 12.1 Å². The molecule has 0 saturated carbocycles. The zero-order valence-corrected chi connectivity index (χ0v) is 13.9. The summed E-state index contributed by atoms with van der Waals surface area (Å²) in [6, 6.07) is 1.60. The molecule has 1 atom stereocenters. The van der Waals surface area contributed by atoms with Crippen LogP contribution in [0.3, 0.4) is 0 Å². The largest absolute Gasteiger partial charge is 0.368 e. The van der Waals surface area contributed by atoms with E-state index in [-0.39, 0.29) is 28.0 Å². The Hall–Kier alpha value is -1.94. The molecule has 0 spiro atoms. The molecule has 0 aliphatic carbocycles. The average molecular weight is 376 g/mol. The van der Waals surface area contributed by atoms with Crippen LogP contribution in [-0.2, 0) is 9.59 Å². The molecular formula is C13H15Cl2N5O4. The van der Waals surface area contributed by atoms with Gasteiger partial charge in [0.1, 0.15) is 6.04 Å². The van der Waals surface area contributed by atoms with E-state index in [1.807, 2.05) is 0 Å². The molecule has 4 N–H and O–H groups in total. The molecule has 0 radical (unpaired) electrons. The van der Waals surface area contributed by atoms with Gasteiger partial charge in [-0.05, 0) is 0 Å². The number of hydrogen-bond acceptors (Lipinski definition) is 6. The van der Waals surface area contributed by atoms with E-state index in [1.54, 1.807) is 4.90 Å². The Morgan fingerprint density at radius 1 is 1.42 bits per heavy atom. The number of primary amides is 1. The number of nitrogens with zero attached hydrogens (tertiary/aromatic N) is 2. The van der Waals surface area contributed by atoms with Gasteiger partial charge in [0.2, 0.25) is 11.8 Å². The summed E-state index contributed by atoms with van der Waals surface area (Å²) in [6.07, 6.45) is 0. The second-order valence-electron chi connectivity index (χ2n) is 5.18. The molecule has 0 aromatic heterocycles. The lowest BCUT2D eigenvalue weighted by molar-refractivity contribution is -0.384. The number of piperazine rings is 1. The zero-order chi connectivity index (χ0) is 17.9. The van der Waals surface area contributed by atoms with E-state index in [1.165, 1.54) is 0 Å². The van der Waals surface area contributed by atoms with Gasteiger partial charge in [-0.2, -0.15) is 0 Å². The highest BCUT2D eigenvalue weighted by atomic mass is 35.5. The van der Waals surface area contributed by atoms with Gasteiger partial charge in [-0.25, -0.2) is 0 Å². The Morgan fingerprint density at radius 2 is 2.04 bits per heavy atom. The van der Waals surface area contributed by atoms with Gasteiger partial charge < -0.3 is 16.4 Å². The molecule has 1 aliphatic rings. The standard InChI is InChI=1S/C13H15Cl2N5O4/c14-8-3-7(20(23)24)4-9(15)12(8)18-11(21)6-19-2-1-17-5-10(19)13(16)22/h3-4,10,17H,1-2,5-6H2,(H2,16,22)(H,18,21). The fourth-order valence-corrected chi connectivity index (χ4v) is 2.93. The third-order valence-corrected chi connectivity index (χ3v) is 4.13. The van der Waals surface area contributed by atoms with Gasteiger partial charge in [0, 0.05) is 31.8 Å².